The molecular weight excluding hydrogens is 368 g/mol. The number of fused-ring (bicyclic) bond motifs is 1. The van der Waals surface area contributed by atoms with E-state index in [2.05, 4.69) is 10.6 Å². The molecule has 0 radical (unpaired) electrons. The fourth-order valence-electron chi connectivity index (χ4n) is 3.32. The molecule has 1 saturated carbocycles. The van der Waals surface area contributed by atoms with Crippen molar-refractivity contribution in [3.63, 3.8) is 0 Å². The molecule has 150 valence electrons. The van der Waals surface area contributed by atoms with E-state index in [1.54, 1.807) is 13.4 Å². The van der Waals surface area contributed by atoms with E-state index >= 15 is 0 Å². The number of benzene rings is 2. The Labute approximate surface area is 169 Å². The van der Waals surface area contributed by atoms with Gasteiger partial charge in [0.15, 0.2) is 0 Å². The van der Waals surface area contributed by atoms with Gasteiger partial charge in [-0.1, -0.05) is 12.1 Å². The number of amides is 2. The summed E-state index contributed by atoms with van der Waals surface area (Å²) in [6, 6.07) is 13.0. The molecule has 1 unspecified atom stereocenters. The molecule has 1 aliphatic carbocycles. The lowest BCUT2D eigenvalue weighted by molar-refractivity contribution is -0.121. The lowest BCUT2D eigenvalue weighted by Gasteiger charge is -2.15. The van der Waals surface area contributed by atoms with E-state index in [1.807, 2.05) is 49.4 Å². The predicted molar refractivity (Wildman–Crippen MR) is 111 cm³/mol. The molecule has 2 amide bonds. The van der Waals surface area contributed by atoms with Gasteiger partial charge < -0.3 is 19.8 Å². The highest BCUT2D eigenvalue weighted by Gasteiger charge is 2.29. The van der Waals surface area contributed by atoms with Gasteiger partial charge in [-0.15, -0.1) is 0 Å². The van der Waals surface area contributed by atoms with Crippen LogP contribution in [-0.4, -0.2) is 18.9 Å². The quantitative estimate of drug-likeness (QED) is 0.631. The molecule has 3 aromatic rings. The third kappa shape index (κ3) is 4.42. The molecule has 1 atom stereocenters. The first-order chi connectivity index (χ1) is 14.0. The number of rotatable bonds is 7. The first kappa shape index (κ1) is 19.1. The average molecular weight is 392 g/mol. The number of nitrogens with one attached hydrogen (secondary N) is 2. The first-order valence-electron chi connectivity index (χ1n) is 9.78. The van der Waals surface area contributed by atoms with E-state index in [0.717, 1.165) is 35.0 Å². The molecule has 0 aliphatic heterocycles. The second-order valence-electron chi connectivity index (χ2n) is 7.47. The molecule has 0 saturated heterocycles. The lowest BCUT2D eigenvalue weighted by atomic mass is 10.1. The minimum atomic E-state index is -0.144. The van der Waals surface area contributed by atoms with Gasteiger partial charge in [0.05, 0.1) is 25.8 Å². The minimum Gasteiger partial charge on any atom is -0.497 e. The number of anilines is 1. The Morgan fingerprint density at radius 1 is 1.17 bits per heavy atom. The first-order valence-corrected chi connectivity index (χ1v) is 9.78. The van der Waals surface area contributed by atoms with Gasteiger partial charge >= 0.3 is 0 Å². The number of hydrogen-bond acceptors (Lipinski definition) is 4. The normalized spacial score (nSPS) is 14.4. The molecule has 6 nitrogen and oxygen atoms in total. The Morgan fingerprint density at radius 3 is 2.62 bits per heavy atom. The van der Waals surface area contributed by atoms with Crippen molar-refractivity contribution in [2.24, 2.45) is 5.92 Å². The predicted octanol–water partition coefficient (Wildman–Crippen LogP) is 4.21. The van der Waals surface area contributed by atoms with E-state index in [-0.39, 0.29) is 30.2 Å². The summed E-state index contributed by atoms with van der Waals surface area (Å²) >= 11 is 0. The summed E-state index contributed by atoms with van der Waals surface area (Å²) < 4.78 is 10.7. The summed E-state index contributed by atoms with van der Waals surface area (Å²) in [6.07, 6.45) is 3.81. The summed E-state index contributed by atoms with van der Waals surface area (Å²) in [5.74, 6) is 0.896. The Kier molecular flexibility index (Phi) is 5.25. The third-order valence-corrected chi connectivity index (χ3v) is 5.22. The van der Waals surface area contributed by atoms with Crippen LogP contribution in [-0.2, 0) is 16.0 Å². The highest BCUT2D eigenvalue weighted by Crippen LogP contribution is 2.30. The van der Waals surface area contributed by atoms with Crippen LogP contribution in [0.25, 0.3) is 11.0 Å². The van der Waals surface area contributed by atoms with Crippen molar-refractivity contribution in [2.75, 3.05) is 12.4 Å². The van der Waals surface area contributed by atoms with Crippen LogP contribution in [0.3, 0.4) is 0 Å². The van der Waals surface area contributed by atoms with Crippen LogP contribution in [0.5, 0.6) is 5.75 Å². The molecule has 1 aliphatic rings. The van der Waals surface area contributed by atoms with E-state index in [4.69, 9.17) is 9.15 Å². The van der Waals surface area contributed by atoms with Crippen molar-refractivity contribution < 1.29 is 18.7 Å². The topological polar surface area (TPSA) is 80.6 Å². The smallest absolute Gasteiger partial charge is 0.227 e. The molecule has 1 heterocycles. The molecule has 0 spiro atoms. The highest BCUT2D eigenvalue weighted by atomic mass is 16.5. The van der Waals surface area contributed by atoms with Gasteiger partial charge in [0, 0.05) is 28.6 Å². The number of carbonyl (C=O) groups is 2. The van der Waals surface area contributed by atoms with E-state index in [9.17, 15) is 9.59 Å². The van der Waals surface area contributed by atoms with Crippen molar-refractivity contribution >= 4 is 28.5 Å². The Hall–Kier alpha value is -3.28. The molecule has 2 aromatic carbocycles. The Bertz CT molecular complexity index is 1030. The zero-order valence-corrected chi connectivity index (χ0v) is 16.5. The second-order valence-corrected chi connectivity index (χ2v) is 7.47. The van der Waals surface area contributed by atoms with E-state index < -0.39 is 0 Å². The van der Waals surface area contributed by atoms with Crippen LogP contribution in [0.15, 0.2) is 53.1 Å². The van der Waals surface area contributed by atoms with Crippen molar-refractivity contribution in [2.45, 2.75) is 32.2 Å². The number of hydrogen-bond donors (Lipinski definition) is 2. The maximum Gasteiger partial charge on any atom is 0.227 e. The van der Waals surface area contributed by atoms with Crippen LogP contribution in [0.2, 0.25) is 0 Å². The minimum absolute atomic E-state index is 0.0814. The maximum atomic E-state index is 12.5. The van der Waals surface area contributed by atoms with Gasteiger partial charge in [-0.05, 0) is 49.6 Å². The van der Waals surface area contributed by atoms with Gasteiger partial charge in [-0.2, -0.15) is 0 Å². The van der Waals surface area contributed by atoms with Crippen molar-refractivity contribution in [1.82, 2.24) is 5.32 Å². The summed E-state index contributed by atoms with van der Waals surface area (Å²) in [6.45, 7) is 1.94. The van der Waals surface area contributed by atoms with Crippen LogP contribution in [0.4, 0.5) is 5.69 Å². The highest BCUT2D eigenvalue weighted by molar-refractivity contribution is 5.94. The molecule has 4 rings (SSSR count). The van der Waals surface area contributed by atoms with Crippen LogP contribution in [0.1, 0.15) is 36.9 Å². The standard InChI is InChI=1S/C23H24N2O4/c1-14(15-5-7-18(8-6-15)25-23(27)16-3-4-16)24-22(26)11-17-13-29-21-12-19(28-2)9-10-20(17)21/h5-10,12-14,16H,3-4,11H2,1-2H3,(H,24,26)(H,25,27). The Balaban J connectivity index is 1.36. The second kappa shape index (κ2) is 7.99. The SMILES string of the molecule is COc1ccc2c(CC(=O)NC(C)c3ccc(NC(=O)C4CC4)cc3)coc2c1. The number of furan rings is 1. The van der Waals surface area contributed by atoms with Crippen LogP contribution < -0.4 is 15.4 Å². The summed E-state index contributed by atoms with van der Waals surface area (Å²) in [4.78, 5) is 24.4. The largest absolute Gasteiger partial charge is 0.497 e. The fourth-order valence-corrected chi connectivity index (χ4v) is 3.32. The van der Waals surface area contributed by atoms with Crippen molar-refractivity contribution in [3.8, 4) is 5.75 Å². The summed E-state index contributed by atoms with van der Waals surface area (Å²) in [7, 11) is 1.60. The van der Waals surface area contributed by atoms with Crippen LogP contribution >= 0.6 is 0 Å². The number of methoxy groups -OCH3 is 1. The third-order valence-electron chi connectivity index (χ3n) is 5.22. The molecule has 6 heteroatoms. The zero-order valence-electron chi connectivity index (χ0n) is 16.5. The van der Waals surface area contributed by atoms with Crippen molar-refractivity contribution in [1.29, 1.82) is 0 Å². The molecule has 29 heavy (non-hydrogen) atoms. The van der Waals surface area contributed by atoms with Gasteiger partial charge in [-0.25, -0.2) is 0 Å². The molecular formula is C23H24N2O4. The molecule has 1 aromatic heterocycles. The number of carbonyl (C=O) groups excluding carboxylic acids is 2. The summed E-state index contributed by atoms with van der Waals surface area (Å²) in [5, 5.41) is 6.84. The fraction of sp³-hybridized carbons (Fsp3) is 0.304. The van der Waals surface area contributed by atoms with Gasteiger partial charge in [-0.3, -0.25) is 9.59 Å². The van der Waals surface area contributed by atoms with Crippen molar-refractivity contribution in [3.05, 3.63) is 59.9 Å². The molecule has 1 fully saturated rings. The van der Waals surface area contributed by atoms with E-state index in [0.29, 0.717) is 11.3 Å². The van der Waals surface area contributed by atoms with Gasteiger partial charge in [0.2, 0.25) is 11.8 Å². The maximum absolute atomic E-state index is 12.5. The monoisotopic (exact) mass is 392 g/mol. The molecule has 0 bridgehead atoms. The van der Waals surface area contributed by atoms with Gasteiger partial charge in [0.25, 0.3) is 0 Å². The summed E-state index contributed by atoms with van der Waals surface area (Å²) in [5.41, 5.74) is 3.29. The van der Waals surface area contributed by atoms with E-state index in [1.165, 1.54) is 0 Å². The lowest BCUT2D eigenvalue weighted by Crippen LogP contribution is -2.28. The molecule has 2 N–H and O–H groups in total. The van der Waals surface area contributed by atoms with Gasteiger partial charge in [0.1, 0.15) is 11.3 Å². The Morgan fingerprint density at radius 2 is 1.93 bits per heavy atom. The number of ether oxygens (including phenoxy) is 1. The van der Waals surface area contributed by atoms with Crippen LogP contribution in [0, 0.1) is 5.92 Å². The average Bonchev–Trinajstić information content (AvgIpc) is 3.51. The zero-order chi connectivity index (χ0) is 20.4.